The van der Waals surface area contributed by atoms with Crippen molar-refractivity contribution in [3.8, 4) is 0 Å². The van der Waals surface area contributed by atoms with Crippen LogP contribution in [0.4, 0.5) is 21.5 Å². The van der Waals surface area contributed by atoms with Crippen LogP contribution in [0.5, 0.6) is 0 Å². The lowest BCUT2D eigenvalue weighted by Crippen LogP contribution is -2.44. The van der Waals surface area contributed by atoms with Crippen molar-refractivity contribution in [2.24, 2.45) is 11.5 Å². The number of hydrogen-bond acceptors (Lipinski definition) is 12. The molecule has 0 saturated carbocycles. The summed E-state index contributed by atoms with van der Waals surface area (Å²) in [5.74, 6) is -2.53. The minimum Gasteiger partial charge on any atom is -0.381 e. The summed E-state index contributed by atoms with van der Waals surface area (Å²) in [5.41, 5.74) is 9.61. The van der Waals surface area contributed by atoms with E-state index < -0.39 is 38.7 Å². The quantitative estimate of drug-likeness (QED) is 0.266. The van der Waals surface area contributed by atoms with Gasteiger partial charge in [-0.3, -0.25) is 29.8 Å². The van der Waals surface area contributed by atoms with Crippen molar-refractivity contribution in [2.45, 2.75) is 33.6 Å². The third kappa shape index (κ3) is 17.5. The molecule has 16 nitrogen and oxygen atoms in total. The number of hydrogen-bond donors (Lipinski definition) is 3. The van der Waals surface area contributed by atoms with Crippen molar-refractivity contribution in [1.29, 1.82) is 0 Å². The van der Waals surface area contributed by atoms with Crippen LogP contribution in [0.3, 0.4) is 0 Å². The Bertz CT molecular complexity index is 1350. The second-order valence-corrected chi connectivity index (χ2v) is 11.9. The van der Waals surface area contributed by atoms with Gasteiger partial charge in [0.2, 0.25) is 0 Å². The van der Waals surface area contributed by atoms with E-state index in [1.165, 1.54) is 57.7 Å². The van der Waals surface area contributed by atoms with Crippen molar-refractivity contribution in [1.82, 2.24) is 20.0 Å². The molecular formula is C34H56FN9O7. The number of ether oxygens (including phenoxy) is 1. The molecule has 51 heavy (non-hydrogen) atoms. The number of likely N-dealkylation sites (N-methyl/N-ethyl adjacent to an activating group) is 2. The molecule has 5 rings (SSSR count). The van der Waals surface area contributed by atoms with Gasteiger partial charge in [0.1, 0.15) is 16.9 Å². The van der Waals surface area contributed by atoms with E-state index in [1.54, 1.807) is 6.07 Å². The van der Waals surface area contributed by atoms with Crippen molar-refractivity contribution >= 4 is 28.9 Å². The second-order valence-electron chi connectivity index (χ2n) is 11.9. The molecule has 3 aliphatic heterocycles. The van der Waals surface area contributed by atoms with Gasteiger partial charge < -0.3 is 41.1 Å². The van der Waals surface area contributed by atoms with E-state index in [2.05, 4.69) is 52.7 Å². The first-order chi connectivity index (χ1) is 24.2. The highest BCUT2D eigenvalue weighted by atomic mass is 19.1. The SMILES string of the molecule is C1CCOC1.CCN(CC)CC.CN1CCN(c2ccc([N+](=O)[O-])c(C(N)=O)c2)CC1.CN1CCNCC1.NC(=O)c1cc(F)ccc1[N+](=O)[O-]. The summed E-state index contributed by atoms with van der Waals surface area (Å²) in [6.45, 7) is 20.4. The van der Waals surface area contributed by atoms with E-state index in [0.29, 0.717) is 0 Å². The van der Waals surface area contributed by atoms with Crippen LogP contribution in [0, 0.1) is 26.0 Å². The zero-order valence-electron chi connectivity index (χ0n) is 30.6. The molecule has 0 radical (unpaired) electrons. The first-order valence-electron chi connectivity index (χ1n) is 17.2. The Hall–Kier alpha value is -4.29. The molecule has 2 aromatic carbocycles. The molecule has 0 atom stereocenters. The highest BCUT2D eigenvalue weighted by Gasteiger charge is 2.22. The predicted molar refractivity (Wildman–Crippen MR) is 197 cm³/mol. The molecule has 0 unspecified atom stereocenters. The Balaban J connectivity index is 0.000000350. The number of benzene rings is 2. The fourth-order valence-electron chi connectivity index (χ4n) is 4.96. The van der Waals surface area contributed by atoms with E-state index >= 15 is 0 Å². The van der Waals surface area contributed by atoms with Gasteiger partial charge in [0, 0.05) is 83.4 Å². The van der Waals surface area contributed by atoms with E-state index in [-0.39, 0.29) is 11.3 Å². The predicted octanol–water partition coefficient (Wildman–Crippen LogP) is 2.94. The molecule has 0 spiro atoms. The number of rotatable bonds is 8. The summed E-state index contributed by atoms with van der Waals surface area (Å²) in [6, 6.07) is 7.04. The van der Waals surface area contributed by atoms with Gasteiger partial charge in [-0.05, 0) is 70.8 Å². The third-order valence-electron chi connectivity index (χ3n) is 8.24. The van der Waals surface area contributed by atoms with E-state index in [9.17, 15) is 34.2 Å². The maximum absolute atomic E-state index is 12.5. The fraction of sp³-hybridized carbons (Fsp3) is 0.588. The Labute approximate surface area is 300 Å². The van der Waals surface area contributed by atoms with Crippen LogP contribution in [0.25, 0.3) is 0 Å². The summed E-state index contributed by atoms with van der Waals surface area (Å²) in [6.07, 6.45) is 2.56. The van der Waals surface area contributed by atoms with E-state index in [0.717, 1.165) is 76.4 Å². The second kappa shape index (κ2) is 24.8. The lowest BCUT2D eigenvalue weighted by molar-refractivity contribution is -0.385. The molecule has 3 fully saturated rings. The van der Waals surface area contributed by atoms with Crippen LogP contribution in [0.1, 0.15) is 54.3 Å². The van der Waals surface area contributed by atoms with Gasteiger partial charge in [-0.2, -0.15) is 0 Å². The van der Waals surface area contributed by atoms with Gasteiger partial charge in [0.05, 0.1) is 9.85 Å². The number of carbonyl (C=O) groups is 2. The minimum absolute atomic E-state index is 0.0403. The molecule has 5 N–H and O–H groups in total. The van der Waals surface area contributed by atoms with Crippen LogP contribution >= 0.6 is 0 Å². The Morgan fingerprint density at radius 2 is 1.24 bits per heavy atom. The summed E-state index contributed by atoms with van der Waals surface area (Å²) in [7, 11) is 4.20. The standard InChI is InChI=1S/C12H16N4O3.C7H5FN2O3.C6H15N.C5H12N2.C4H8O/c1-14-4-6-15(7-5-14)9-2-3-11(16(18)19)10(8-9)12(13)17;8-4-1-2-6(10(12)13)5(3-4)7(9)11;1-4-7(5-2)6-3;1-7-4-2-6-3-5-7;1-2-4-5-3-1/h2-3,8H,4-7H2,1H3,(H2,13,17);1-3H,(H2,9,11);4-6H2,1-3H3;6H,2-5H2,1H3;1-4H2. The Kier molecular flexibility index (Phi) is 21.7. The molecule has 286 valence electrons. The van der Waals surface area contributed by atoms with E-state index in [1.807, 2.05) is 7.05 Å². The highest BCUT2D eigenvalue weighted by molar-refractivity contribution is 5.98. The molecule has 3 saturated heterocycles. The molecule has 0 aliphatic carbocycles. The third-order valence-corrected chi connectivity index (χ3v) is 8.24. The molecule has 3 heterocycles. The average molecular weight is 722 g/mol. The van der Waals surface area contributed by atoms with Crippen LogP contribution < -0.4 is 21.7 Å². The maximum atomic E-state index is 12.5. The topological polar surface area (TPSA) is 207 Å². The van der Waals surface area contributed by atoms with Crippen molar-refractivity contribution < 1.29 is 28.6 Å². The number of piperazine rings is 2. The van der Waals surface area contributed by atoms with Gasteiger partial charge in [-0.1, -0.05) is 20.8 Å². The number of nitrogens with zero attached hydrogens (tertiary/aromatic N) is 6. The molecule has 2 aromatic rings. The molecule has 3 aliphatic rings. The average Bonchev–Trinajstić information content (AvgIpc) is 3.71. The molecule has 2 amide bonds. The normalized spacial score (nSPS) is 15.8. The number of halogens is 1. The Morgan fingerprint density at radius 1 is 0.784 bits per heavy atom. The van der Waals surface area contributed by atoms with Crippen LogP contribution in [0.15, 0.2) is 36.4 Å². The van der Waals surface area contributed by atoms with Crippen LogP contribution in [0.2, 0.25) is 0 Å². The van der Waals surface area contributed by atoms with Gasteiger partial charge >= 0.3 is 0 Å². The van der Waals surface area contributed by atoms with Gasteiger partial charge in [0.15, 0.2) is 0 Å². The van der Waals surface area contributed by atoms with Crippen molar-refractivity contribution in [3.05, 3.63) is 73.6 Å². The van der Waals surface area contributed by atoms with Gasteiger partial charge in [-0.15, -0.1) is 0 Å². The first-order valence-corrected chi connectivity index (χ1v) is 17.2. The number of carbonyl (C=O) groups excluding carboxylic acids is 2. The maximum Gasteiger partial charge on any atom is 0.282 e. The number of nitrogens with one attached hydrogen (secondary N) is 1. The van der Waals surface area contributed by atoms with Crippen molar-refractivity contribution in [3.63, 3.8) is 0 Å². The number of nitrogens with two attached hydrogens (primary N) is 2. The van der Waals surface area contributed by atoms with Crippen molar-refractivity contribution in [2.75, 3.05) is 104 Å². The lowest BCUT2D eigenvalue weighted by Gasteiger charge is -2.34. The zero-order valence-corrected chi connectivity index (χ0v) is 30.6. The highest BCUT2D eigenvalue weighted by Crippen LogP contribution is 2.25. The summed E-state index contributed by atoms with van der Waals surface area (Å²) >= 11 is 0. The number of nitro benzene ring substituents is 2. The summed E-state index contributed by atoms with van der Waals surface area (Å²) in [5, 5.41) is 24.4. The van der Waals surface area contributed by atoms with Crippen LogP contribution in [-0.4, -0.2) is 136 Å². The van der Waals surface area contributed by atoms with E-state index in [4.69, 9.17) is 16.2 Å². The smallest absolute Gasteiger partial charge is 0.282 e. The molecule has 0 bridgehead atoms. The minimum atomic E-state index is -1.02. The first kappa shape index (κ1) is 44.7. The Morgan fingerprint density at radius 3 is 1.59 bits per heavy atom. The summed E-state index contributed by atoms with van der Waals surface area (Å²) < 4.78 is 17.5. The van der Waals surface area contributed by atoms with Gasteiger partial charge in [0.25, 0.3) is 23.2 Å². The fourth-order valence-corrected chi connectivity index (χ4v) is 4.96. The molecule has 17 heteroatoms. The lowest BCUT2D eigenvalue weighted by atomic mass is 10.1. The summed E-state index contributed by atoms with van der Waals surface area (Å²) in [4.78, 5) is 50.7. The number of amides is 2. The largest absolute Gasteiger partial charge is 0.381 e. The van der Waals surface area contributed by atoms with Gasteiger partial charge in [-0.25, -0.2) is 4.39 Å². The molecular weight excluding hydrogens is 665 g/mol. The number of nitro groups is 2. The number of anilines is 1. The monoisotopic (exact) mass is 721 g/mol. The zero-order chi connectivity index (χ0) is 38.3. The molecule has 0 aromatic heterocycles. The van der Waals surface area contributed by atoms with Crippen LogP contribution in [-0.2, 0) is 4.74 Å². The number of primary amides is 2.